The molecule has 2 amide bonds. The van der Waals surface area contributed by atoms with E-state index in [1.54, 1.807) is 0 Å². The van der Waals surface area contributed by atoms with Crippen LogP contribution in [0.25, 0.3) is 6.08 Å². The normalized spacial score (nSPS) is 15.8. The molecule has 0 aliphatic carbocycles. The van der Waals surface area contributed by atoms with Gasteiger partial charge in [0.05, 0.1) is 17.3 Å². The van der Waals surface area contributed by atoms with Crippen molar-refractivity contribution >= 4 is 72.8 Å². The first-order valence-electron chi connectivity index (χ1n) is 7.66. The number of benzene rings is 2. The van der Waals surface area contributed by atoms with Crippen molar-refractivity contribution < 1.29 is 23.8 Å². The van der Waals surface area contributed by atoms with E-state index in [9.17, 15) is 19.1 Å². The number of anilines is 1. The maximum Gasteiger partial charge on any atom is 0.270 e. The summed E-state index contributed by atoms with van der Waals surface area (Å²) in [4.78, 5) is 26.4. The van der Waals surface area contributed by atoms with E-state index in [1.807, 2.05) is 0 Å². The zero-order chi connectivity index (χ0) is 20.6. The van der Waals surface area contributed by atoms with Gasteiger partial charge in [0, 0.05) is 4.47 Å². The molecular formula is C18H11Br2FN2O4S. The summed E-state index contributed by atoms with van der Waals surface area (Å²) in [7, 11) is 1.37. The Kier molecular flexibility index (Phi) is 5.82. The minimum atomic E-state index is -0.714. The van der Waals surface area contributed by atoms with E-state index >= 15 is 0 Å². The monoisotopic (exact) mass is 528 g/mol. The number of rotatable bonds is 3. The smallest absolute Gasteiger partial charge is 0.270 e. The van der Waals surface area contributed by atoms with Gasteiger partial charge in [-0.2, -0.15) is 0 Å². The molecule has 1 aliphatic heterocycles. The van der Waals surface area contributed by atoms with Crippen LogP contribution in [-0.4, -0.2) is 29.1 Å². The van der Waals surface area contributed by atoms with Gasteiger partial charge in [-0.15, -0.1) is 0 Å². The number of thiocarbonyl (C=S) groups is 1. The number of methoxy groups -OCH3 is 1. The fraction of sp³-hybridized carbons (Fsp3) is 0.0556. The van der Waals surface area contributed by atoms with Crippen LogP contribution in [-0.2, 0) is 9.59 Å². The molecule has 0 atom stereocenters. The van der Waals surface area contributed by atoms with Gasteiger partial charge >= 0.3 is 0 Å². The molecule has 144 valence electrons. The lowest BCUT2D eigenvalue weighted by Gasteiger charge is -2.29. The van der Waals surface area contributed by atoms with E-state index in [4.69, 9.17) is 17.0 Å². The van der Waals surface area contributed by atoms with Crippen molar-refractivity contribution in [1.82, 2.24) is 5.32 Å². The van der Waals surface area contributed by atoms with Crippen LogP contribution in [0.15, 0.2) is 44.9 Å². The largest absolute Gasteiger partial charge is 0.503 e. The topological polar surface area (TPSA) is 78.9 Å². The molecule has 28 heavy (non-hydrogen) atoms. The molecule has 3 rings (SSSR count). The lowest BCUT2D eigenvalue weighted by atomic mass is 10.1. The van der Waals surface area contributed by atoms with Gasteiger partial charge in [0.15, 0.2) is 16.6 Å². The molecule has 0 radical (unpaired) electrons. The zero-order valence-electron chi connectivity index (χ0n) is 14.1. The van der Waals surface area contributed by atoms with E-state index in [2.05, 4.69) is 37.2 Å². The highest BCUT2D eigenvalue weighted by Crippen LogP contribution is 2.42. The summed E-state index contributed by atoms with van der Waals surface area (Å²) in [5, 5.41) is 12.3. The van der Waals surface area contributed by atoms with Crippen LogP contribution >= 0.6 is 44.1 Å². The second-order valence-electron chi connectivity index (χ2n) is 5.58. The van der Waals surface area contributed by atoms with Crippen molar-refractivity contribution in [3.05, 3.63) is 56.2 Å². The molecule has 6 nitrogen and oxygen atoms in total. The van der Waals surface area contributed by atoms with Crippen molar-refractivity contribution in [1.29, 1.82) is 0 Å². The second-order valence-corrected chi connectivity index (χ2v) is 7.56. The van der Waals surface area contributed by atoms with Crippen LogP contribution < -0.4 is 15.0 Å². The molecule has 0 unspecified atom stereocenters. The summed E-state index contributed by atoms with van der Waals surface area (Å²) in [5.41, 5.74) is 0.356. The Balaban J connectivity index is 2.11. The standard InChI is InChI=1S/C18H11Br2FN2O4S/c1-27-12-6-8(13(19)14(20)15(12)24)5-11-16(25)22-18(28)23(17(11)26)10-4-2-3-9(21)7-10/h2-7,24H,1H3,(H,22,25,28)/b11-5+. The van der Waals surface area contributed by atoms with Crippen molar-refractivity contribution in [2.24, 2.45) is 0 Å². The highest BCUT2D eigenvalue weighted by molar-refractivity contribution is 9.13. The number of amides is 2. The third-order valence-corrected chi connectivity index (χ3v) is 6.30. The summed E-state index contributed by atoms with van der Waals surface area (Å²) in [6, 6.07) is 6.75. The zero-order valence-corrected chi connectivity index (χ0v) is 18.1. The Morgan fingerprint density at radius 1 is 1.25 bits per heavy atom. The molecule has 0 saturated carbocycles. The number of nitrogens with one attached hydrogen (secondary N) is 1. The molecule has 0 spiro atoms. The van der Waals surface area contributed by atoms with E-state index in [1.165, 1.54) is 37.5 Å². The highest BCUT2D eigenvalue weighted by Gasteiger charge is 2.35. The lowest BCUT2D eigenvalue weighted by Crippen LogP contribution is -2.54. The van der Waals surface area contributed by atoms with Crippen LogP contribution in [0, 0.1) is 5.82 Å². The molecule has 2 aromatic rings. The molecule has 2 N–H and O–H groups in total. The number of halogens is 3. The number of ether oxygens (including phenoxy) is 1. The number of nitrogens with zero attached hydrogens (tertiary/aromatic N) is 1. The van der Waals surface area contributed by atoms with Gasteiger partial charge in [-0.1, -0.05) is 6.07 Å². The number of phenols is 1. The van der Waals surface area contributed by atoms with Gasteiger partial charge in [0.1, 0.15) is 11.4 Å². The molecule has 2 aromatic carbocycles. The van der Waals surface area contributed by atoms with Crippen molar-refractivity contribution in [2.45, 2.75) is 0 Å². The molecule has 1 heterocycles. The first-order chi connectivity index (χ1) is 13.2. The predicted octanol–water partition coefficient (Wildman–Crippen LogP) is 3.90. The summed E-state index contributed by atoms with van der Waals surface area (Å²) in [6.45, 7) is 0. The third kappa shape index (κ3) is 3.67. The van der Waals surface area contributed by atoms with Crippen LogP contribution in [0.4, 0.5) is 10.1 Å². The predicted molar refractivity (Wildman–Crippen MR) is 113 cm³/mol. The Hall–Kier alpha value is -2.30. The third-order valence-electron chi connectivity index (χ3n) is 3.86. The molecule has 10 heteroatoms. The van der Waals surface area contributed by atoms with E-state index in [0.29, 0.717) is 14.5 Å². The number of aromatic hydroxyl groups is 1. The minimum Gasteiger partial charge on any atom is -0.503 e. The average molecular weight is 530 g/mol. The number of hydrogen-bond acceptors (Lipinski definition) is 5. The van der Waals surface area contributed by atoms with Crippen LogP contribution in [0.1, 0.15) is 5.56 Å². The SMILES string of the molecule is COc1cc(/C=C2\C(=O)NC(=S)N(c3cccc(F)c3)C2=O)c(Br)c(Br)c1O. The summed E-state index contributed by atoms with van der Waals surface area (Å²) < 4.78 is 19.4. The van der Waals surface area contributed by atoms with Gasteiger partial charge in [0.25, 0.3) is 11.8 Å². The molecule has 1 saturated heterocycles. The van der Waals surface area contributed by atoms with Gasteiger partial charge in [-0.3, -0.25) is 19.8 Å². The van der Waals surface area contributed by atoms with Crippen LogP contribution in [0.5, 0.6) is 11.5 Å². The average Bonchev–Trinajstić information content (AvgIpc) is 2.64. The molecule has 1 fully saturated rings. The van der Waals surface area contributed by atoms with Gasteiger partial charge in [-0.05, 0) is 80.0 Å². The Morgan fingerprint density at radius 2 is 1.96 bits per heavy atom. The van der Waals surface area contributed by atoms with Crippen LogP contribution in [0.2, 0.25) is 0 Å². The Labute approximate surface area is 181 Å². The van der Waals surface area contributed by atoms with E-state index < -0.39 is 17.6 Å². The number of hydrogen-bond donors (Lipinski definition) is 2. The fourth-order valence-electron chi connectivity index (χ4n) is 2.54. The van der Waals surface area contributed by atoms with E-state index in [-0.39, 0.29) is 27.9 Å². The Bertz CT molecular complexity index is 1060. The lowest BCUT2D eigenvalue weighted by molar-refractivity contribution is -0.122. The van der Waals surface area contributed by atoms with Crippen molar-refractivity contribution in [3.8, 4) is 11.5 Å². The number of phenolic OH excluding ortho intramolecular Hbond substituents is 1. The first kappa shape index (κ1) is 20.4. The quantitative estimate of drug-likeness (QED) is 0.358. The van der Waals surface area contributed by atoms with Gasteiger partial charge < -0.3 is 9.84 Å². The first-order valence-corrected chi connectivity index (χ1v) is 9.66. The van der Waals surface area contributed by atoms with Gasteiger partial charge in [-0.25, -0.2) is 4.39 Å². The molecule has 0 aromatic heterocycles. The maximum atomic E-state index is 13.6. The van der Waals surface area contributed by atoms with Crippen molar-refractivity contribution in [2.75, 3.05) is 12.0 Å². The van der Waals surface area contributed by atoms with E-state index in [0.717, 1.165) is 11.0 Å². The summed E-state index contributed by atoms with van der Waals surface area (Å²) >= 11 is 11.6. The summed E-state index contributed by atoms with van der Waals surface area (Å²) in [5.74, 6) is -1.96. The van der Waals surface area contributed by atoms with Crippen molar-refractivity contribution in [3.63, 3.8) is 0 Å². The molecule has 0 bridgehead atoms. The number of carbonyl (C=O) groups excluding carboxylic acids is 2. The fourth-order valence-corrected chi connectivity index (χ4v) is 3.66. The maximum absolute atomic E-state index is 13.6. The highest BCUT2D eigenvalue weighted by atomic mass is 79.9. The van der Waals surface area contributed by atoms with Crippen LogP contribution in [0.3, 0.4) is 0 Å². The summed E-state index contributed by atoms with van der Waals surface area (Å²) in [6.07, 6.45) is 1.32. The number of carbonyl (C=O) groups is 2. The Morgan fingerprint density at radius 3 is 2.61 bits per heavy atom. The second kappa shape index (κ2) is 7.98. The molecule has 1 aliphatic rings. The minimum absolute atomic E-state index is 0.140. The van der Waals surface area contributed by atoms with Gasteiger partial charge in [0.2, 0.25) is 0 Å². The molecular weight excluding hydrogens is 519 g/mol.